The van der Waals surface area contributed by atoms with E-state index in [4.69, 9.17) is 9.97 Å². The highest BCUT2D eigenvalue weighted by atomic mass is 15.1. The maximum absolute atomic E-state index is 4.93. The van der Waals surface area contributed by atoms with Crippen molar-refractivity contribution >= 4 is 34.2 Å². The molecule has 0 saturated carbocycles. The molecule has 2 aromatic heterocycles. The Morgan fingerprint density at radius 3 is 2.20 bits per heavy atom. The summed E-state index contributed by atoms with van der Waals surface area (Å²) in [6.45, 7) is 0. The number of hydrogen-bond acceptors (Lipinski definition) is 2. The summed E-state index contributed by atoms with van der Waals surface area (Å²) < 4.78 is 4.42. The van der Waals surface area contributed by atoms with E-state index in [1.165, 1.54) is 21.5 Å². The SMILES string of the molecule is Cn1c(-c2cccc3c2=CCC(c2nc4ccccc4n2C)C=3)nc2ccccc21. The van der Waals surface area contributed by atoms with Gasteiger partial charge in [-0.1, -0.05) is 54.6 Å². The molecule has 0 amide bonds. The average molecular weight is 390 g/mol. The molecular weight excluding hydrogens is 368 g/mol. The maximum Gasteiger partial charge on any atom is 0.141 e. The van der Waals surface area contributed by atoms with E-state index in [2.05, 4.69) is 90.0 Å². The van der Waals surface area contributed by atoms with Gasteiger partial charge in [-0.2, -0.15) is 0 Å². The molecule has 1 unspecified atom stereocenters. The van der Waals surface area contributed by atoms with Crippen molar-refractivity contribution in [1.82, 2.24) is 19.1 Å². The zero-order valence-electron chi connectivity index (χ0n) is 17.1. The number of para-hydroxylation sites is 4. The van der Waals surface area contributed by atoms with Gasteiger partial charge in [-0.3, -0.25) is 0 Å². The third-order valence-electron chi connectivity index (χ3n) is 6.28. The van der Waals surface area contributed by atoms with Crippen LogP contribution in [0.2, 0.25) is 0 Å². The van der Waals surface area contributed by atoms with Gasteiger partial charge in [0, 0.05) is 25.6 Å². The fraction of sp³-hybridized carbons (Fsp3) is 0.154. The number of fused-ring (bicyclic) bond motifs is 3. The van der Waals surface area contributed by atoms with E-state index >= 15 is 0 Å². The van der Waals surface area contributed by atoms with Crippen LogP contribution in [0, 0.1) is 0 Å². The highest BCUT2D eigenvalue weighted by molar-refractivity contribution is 5.81. The Kier molecular flexibility index (Phi) is 3.69. The minimum absolute atomic E-state index is 0.269. The summed E-state index contributed by atoms with van der Waals surface area (Å²) in [7, 11) is 4.21. The topological polar surface area (TPSA) is 35.6 Å². The number of benzene rings is 3. The van der Waals surface area contributed by atoms with E-state index in [1.807, 2.05) is 12.1 Å². The van der Waals surface area contributed by atoms with E-state index in [0.717, 1.165) is 34.6 Å². The lowest BCUT2D eigenvalue weighted by Gasteiger charge is -2.15. The van der Waals surface area contributed by atoms with Gasteiger partial charge in [0.2, 0.25) is 0 Å². The van der Waals surface area contributed by atoms with Crippen LogP contribution in [-0.2, 0) is 14.1 Å². The second kappa shape index (κ2) is 6.42. The van der Waals surface area contributed by atoms with Crippen molar-refractivity contribution in [2.75, 3.05) is 0 Å². The Bertz CT molecular complexity index is 1550. The Hall–Kier alpha value is -3.66. The highest BCUT2D eigenvalue weighted by Crippen LogP contribution is 2.27. The molecule has 0 fully saturated rings. The van der Waals surface area contributed by atoms with Crippen molar-refractivity contribution in [2.24, 2.45) is 14.1 Å². The summed E-state index contributed by atoms with van der Waals surface area (Å²) in [4.78, 5) is 9.85. The van der Waals surface area contributed by atoms with Crippen molar-refractivity contribution in [3.05, 3.63) is 83.0 Å². The molecule has 0 aliphatic heterocycles. The molecule has 0 bridgehead atoms. The number of aryl methyl sites for hydroxylation is 2. The Morgan fingerprint density at radius 2 is 1.47 bits per heavy atom. The first kappa shape index (κ1) is 17.2. The summed E-state index contributed by atoms with van der Waals surface area (Å²) in [6.07, 6.45) is 5.65. The molecule has 3 aromatic carbocycles. The van der Waals surface area contributed by atoms with Gasteiger partial charge in [0.1, 0.15) is 11.6 Å². The molecule has 2 heterocycles. The molecular formula is C26H22N4. The van der Waals surface area contributed by atoms with E-state index in [1.54, 1.807) is 0 Å². The minimum Gasteiger partial charge on any atom is -0.331 e. The lowest BCUT2D eigenvalue weighted by molar-refractivity contribution is 0.757. The Labute approximate surface area is 174 Å². The first-order valence-corrected chi connectivity index (χ1v) is 10.3. The third-order valence-corrected chi connectivity index (χ3v) is 6.28. The average Bonchev–Trinajstić information content (AvgIpc) is 3.30. The van der Waals surface area contributed by atoms with E-state index in [0.29, 0.717) is 0 Å². The van der Waals surface area contributed by atoms with E-state index in [9.17, 15) is 0 Å². The monoisotopic (exact) mass is 390 g/mol. The van der Waals surface area contributed by atoms with Crippen LogP contribution < -0.4 is 10.4 Å². The molecule has 0 saturated heterocycles. The first-order valence-electron chi connectivity index (χ1n) is 10.3. The molecule has 1 aliphatic rings. The molecule has 4 nitrogen and oxygen atoms in total. The molecule has 0 spiro atoms. The zero-order chi connectivity index (χ0) is 20.2. The second-order valence-electron chi connectivity index (χ2n) is 8.02. The summed E-state index contributed by atoms with van der Waals surface area (Å²) in [5.74, 6) is 2.40. The number of rotatable bonds is 2. The summed E-state index contributed by atoms with van der Waals surface area (Å²) in [5.41, 5.74) is 5.61. The van der Waals surface area contributed by atoms with Crippen molar-refractivity contribution in [1.29, 1.82) is 0 Å². The van der Waals surface area contributed by atoms with Crippen LogP contribution in [0.5, 0.6) is 0 Å². The fourth-order valence-electron chi connectivity index (χ4n) is 4.74. The minimum atomic E-state index is 0.269. The predicted octanol–water partition coefficient (Wildman–Crippen LogP) is 3.88. The van der Waals surface area contributed by atoms with Crippen LogP contribution in [0.4, 0.5) is 0 Å². The van der Waals surface area contributed by atoms with Crippen LogP contribution in [0.15, 0.2) is 66.7 Å². The third kappa shape index (κ3) is 2.47. The zero-order valence-corrected chi connectivity index (χ0v) is 17.1. The number of hydrogen-bond donors (Lipinski definition) is 0. The van der Waals surface area contributed by atoms with Gasteiger partial charge in [-0.25, -0.2) is 9.97 Å². The molecule has 146 valence electrons. The first-order chi connectivity index (χ1) is 14.7. The summed E-state index contributed by atoms with van der Waals surface area (Å²) in [5, 5.41) is 2.52. The standard InChI is InChI=1S/C26H22N4/c1-29-23-12-5-3-10-21(23)27-25(29)18-14-15-19-17(16-18)8-7-9-20(19)26-28-22-11-4-6-13-24(22)30(26)2/h3-13,15-16,18H,14H2,1-2H3. The largest absolute Gasteiger partial charge is 0.331 e. The lowest BCUT2D eigenvalue weighted by atomic mass is 9.94. The Morgan fingerprint density at radius 1 is 0.767 bits per heavy atom. The lowest BCUT2D eigenvalue weighted by Crippen LogP contribution is -2.31. The molecule has 1 aliphatic carbocycles. The van der Waals surface area contributed by atoms with Crippen molar-refractivity contribution < 1.29 is 0 Å². The van der Waals surface area contributed by atoms with E-state index < -0.39 is 0 Å². The fourth-order valence-corrected chi connectivity index (χ4v) is 4.74. The normalized spacial score (nSPS) is 15.7. The molecule has 1 atom stereocenters. The quantitative estimate of drug-likeness (QED) is 0.459. The second-order valence-corrected chi connectivity index (χ2v) is 8.02. The van der Waals surface area contributed by atoms with Gasteiger partial charge < -0.3 is 9.13 Å². The van der Waals surface area contributed by atoms with Crippen LogP contribution >= 0.6 is 0 Å². The molecule has 0 N–H and O–H groups in total. The molecule has 4 heteroatoms. The smallest absolute Gasteiger partial charge is 0.141 e. The predicted molar refractivity (Wildman–Crippen MR) is 122 cm³/mol. The van der Waals surface area contributed by atoms with Crippen LogP contribution in [-0.4, -0.2) is 19.1 Å². The Balaban J connectivity index is 1.51. The van der Waals surface area contributed by atoms with Gasteiger partial charge >= 0.3 is 0 Å². The summed E-state index contributed by atoms with van der Waals surface area (Å²) in [6, 6.07) is 23.2. The van der Waals surface area contributed by atoms with Gasteiger partial charge in [0.05, 0.1) is 22.1 Å². The van der Waals surface area contributed by atoms with Crippen molar-refractivity contribution in [2.45, 2.75) is 12.3 Å². The number of imidazole rings is 2. The highest BCUT2D eigenvalue weighted by Gasteiger charge is 2.19. The molecule has 30 heavy (non-hydrogen) atoms. The van der Waals surface area contributed by atoms with Crippen molar-refractivity contribution in [3.8, 4) is 11.4 Å². The van der Waals surface area contributed by atoms with Crippen LogP contribution in [0.1, 0.15) is 18.2 Å². The van der Waals surface area contributed by atoms with E-state index in [-0.39, 0.29) is 5.92 Å². The molecule has 0 radical (unpaired) electrons. The van der Waals surface area contributed by atoms with Gasteiger partial charge in [0.15, 0.2) is 0 Å². The molecule has 5 aromatic rings. The van der Waals surface area contributed by atoms with Crippen LogP contribution in [0.25, 0.3) is 45.6 Å². The van der Waals surface area contributed by atoms with Crippen molar-refractivity contribution in [3.63, 3.8) is 0 Å². The number of nitrogens with zero attached hydrogens (tertiary/aromatic N) is 4. The van der Waals surface area contributed by atoms with Gasteiger partial charge in [-0.05, 0) is 41.1 Å². The number of aromatic nitrogens is 4. The molecule has 6 rings (SSSR count). The summed E-state index contributed by atoms with van der Waals surface area (Å²) >= 11 is 0. The van der Waals surface area contributed by atoms with Gasteiger partial charge in [-0.15, -0.1) is 0 Å². The van der Waals surface area contributed by atoms with Crippen LogP contribution in [0.3, 0.4) is 0 Å². The van der Waals surface area contributed by atoms with Gasteiger partial charge in [0.25, 0.3) is 0 Å². The maximum atomic E-state index is 4.93.